The lowest BCUT2D eigenvalue weighted by Gasteiger charge is -2.34. The normalized spacial score (nSPS) is 17.8. The van der Waals surface area contributed by atoms with Gasteiger partial charge in [-0.1, -0.05) is 44.5 Å². The van der Waals surface area contributed by atoms with E-state index in [0.717, 1.165) is 38.8 Å². The third kappa shape index (κ3) is 8.97. The van der Waals surface area contributed by atoms with Crippen LogP contribution in [0.3, 0.4) is 0 Å². The summed E-state index contributed by atoms with van der Waals surface area (Å²) in [5.74, 6) is 0.887. The second-order valence-electron chi connectivity index (χ2n) is 12.1. The number of alkyl halides is 3. The molecule has 1 amide bonds. The Balaban J connectivity index is 1.14. The highest BCUT2D eigenvalue weighted by Gasteiger charge is 2.31. The number of carbonyl (C=O) groups excluding carboxylic acids is 1. The van der Waals surface area contributed by atoms with Gasteiger partial charge in [0.05, 0.1) is 5.02 Å². The Morgan fingerprint density at radius 3 is 2.23 bits per heavy atom. The van der Waals surface area contributed by atoms with Crippen LogP contribution in [0.5, 0.6) is 0 Å². The lowest BCUT2D eigenvalue weighted by atomic mass is 9.87. The van der Waals surface area contributed by atoms with Gasteiger partial charge in [0.15, 0.2) is 0 Å². The molecule has 0 bridgehead atoms. The molecule has 4 rings (SSSR count). The largest absolute Gasteiger partial charge is 0.446 e. The lowest BCUT2D eigenvalue weighted by Crippen LogP contribution is -2.42. The summed E-state index contributed by atoms with van der Waals surface area (Å²) in [6.07, 6.45) is 6.47. The maximum atomic E-state index is 12.8. The Kier molecular flexibility index (Phi) is 10.3. The molecule has 9 heteroatoms. The van der Waals surface area contributed by atoms with Crippen LogP contribution in [0.1, 0.15) is 71.3 Å². The van der Waals surface area contributed by atoms with Crippen molar-refractivity contribution in [1.29, 1.82) is 0 Å². The number of nitrogens with zero attached hydrogens (tertiary/aromatic N) is 2. The number of piperidine rings is 2. The van der Waals surface area contributed by atoms with Crippen molar-refractivity contribution < 1.29 is 18.0 Å². The molecule has 1 N–H and O–H groups in total. The van der Waals surface area contributed by atoms with E-state index in [1.165, 1.54) is 36.2 Å². The number of hydrogen-bond acceptors (Lipinski definition) is 4. The molecule has 2 aromatic rings. The van der Waals surface area contributed by atoms with Gasteiger partial charge in [-0.3, -0.25) is 4.79 Å². The van der Waals surface area contributed by atoms with Crippen LogP contribution in [-0.4, -0.2) is 48.5 Å². The zero-order chi connectivity index (χ0) is 28.9. The van der Waals surface area contributed by atoms with Gasteiger partial charge in [0.25, 0.3) is 0 Å². The molecule has 220 valence electrons. The molecule has 0 radical (unpaired) electrons. The van der Waals surface area contributed by atoms with E-state index >= 15 is 0 Å². The number of hydrogen-bond donors (Lipinski definition) is 1. The minimum Gasteiger partial charge on any atom is -0.382 e. The Bertz CT molecular complexity index is 1120. The van der Waals surface area contributed by atoms with E-state index in [1.807, 2.05) is 4.90 Å². The molecule has 2 aliphatic heterocycles. The van der Waals surface area contributed by atoms with Crippen molar-refractivity contribution in [1.82, 2.24) is 4.90 Å². The number of benzene rings is 2. The highest BCUT2D eigenvalue weighted by Crippen LogP contribution is 2.41. The Labute approximate surface area is 246 Å². The van der Waals surface area contributed by atoms with Crippen molar-refractivity contribution in [3.05, 3.63) is 53.1 Å². The quantitative estimate of drug-likeness (QED) is 0.310. The molecule has 0 aromatic heterocycles. The summed E-state index contributed by atoms with van der Waals surface area (Å²) in [4.78, 5) is 17.2. The molecule has 2 aliphatic rings. The lowest BCUT2D eigenvalue weighted by molar-refractivity contribution is -0.132. The summed E-state index contributed by atoms with van der Waals surface area (Å²) in [7, 11) is 0. The number of carbonyl (C=O) groups is 1. The molecule has 0 unspecified atom stereocenters. The standard InChI is InChI=1S/C31H41ClF3N3OS/c1-30(2,3)23-7-10-26(11-8-23)37-17-13-22(14-18-37)5-4-6-29(39)38-19-15-24(16-20-38)36-25-9-12-27(32)28(21-25)40-31(33,34)35/h7-12,21-22,24,36H,4-6,13-20H2,1-3H3. The zero-order valence-electron chi connectivity index (χ0n) is 23.7. The van der Waals surface area contributed by atoms with Crippen molar-refractivity contribution in [2.24, 2.45) is 5.92 Å². The van der Waals surface area contributed by atoms with Crippen LogP contribution < -0.4 is 10.2 Å². The maximum Gasteiger partial charge on any atom is 0.446 e. The average Bonchev–Trinajstić information content (AvgIpc) is 2.90. The van der Waals surface area contributed by atoms with Crippen LogP contribution in [0.4, 0.5) is 24.5 Å². The molecular formula is C31H41ClF3N3OS. The van der Waals surface area contributed by atoms with Gasteiger partial charge in [-0.15, -0.1) is 0 Å². The Hall–Kier alpha value is -2.06. The molecule has 0 atom stereocenters. The molecule has 0 aliphatic carbocycles. The van der Waals surface area contributed by atoms with E-state index in [-0.39, 0.29) is 39.0 Å². The Morgan fingerprint density at radius 2 is 1.62 bits per heavy atom. The number of nitrogens with one attached hydrogen (secondary N) is 1. The van der Waals surface area contributed by atoms with Gasteiger partial charge >= 0.3 is 5.51 Å². The van der Waals surface area contributed by atoms with Crippen LogP contribution in [0.2, 0.25) is 5.02 Å². The molecule has 0 saturated carbocycles. The Morgan fingerprint density at radius 1 is 0.975 bits per heavy atom. The van der Waals surface area contributed by atoms with Crippen LogP contribution in [0, 0.1) is 5.92 Å². The third-order valence-electron chi connectivity index (χ3n) is 8.09. The van der Waals surface area contributed by atoms with E-state index in [4.69, 9.17) is 11.6 Å². The van der Waals surface area contributed by atoms with Gasteiger partial charge in [0.1, 0.15) is 0 Å². The van der Waals surface area contributed by atoms with Crippen molar-refractivity contribution in [3.8, 4) is 0 Å². The molecule has 0 spiro atoms. The summed E-state index contributed by atoms with van der Waals surface area (Å²) in [6.45, 7) is 10.2. The summed E-state index contributed by atoms with van der Waals surface area (Å²) in [5.41, 5.74) is -0.940. The van der Waals surface area contributed by atoms with Gasteiger partial charge < -0.3 is 15.1 Å². The molecular weight excluding hydrogens is 555 g/mol. The first kappa shape index (κ1) is 30.9. The smallest absolute Gasteiger partial charge is 0.382 e. The van der Waals surface area contributed by atoms with Crippen molar-refractivity contribution in [2.75, 3.05) is 36.4 Å². The summed E-state index contributed by atoms with van der Waals surface area (Å²) in [5, 5.41) is 3.41. The van der Waals surface area contributed by atoms with Crippen LogP contribution in [0.25, 0.3) is 0 Å². The van der Waals surface area contributed by atoms with Crippen molar-refractivity contribution >= 4 is 40.6 Å². The summed E-state index contributed by atoms with van der Waals surface area (Å²) >= 11 is 5.74. The summed E-state index contributed by atoms with van der Waals surface area (Å²) in [6, 6.07) is 13.7. The number of likely N-dealkylation sites (tertiary alicyclic amines) is 1. The fourth-order valence-corrected chi connectivity index (χ4v) is 6.49. The topological polar surface area (TPSA) is 35.6 Å². The predicted molar refractivity (Wildman–Crippen MR) is 161 cm³/mol. The van der Waals surface area contributed by atoms with Crippen LogP contribution in [0.15, 0.2) is 47.4 Å². The first-order chi connectivity index (χ1) is 18.9. The van der Waals surface area contributed by atoms with E-state index < -0.39 is 5.51 Å². The molecule has 40 heavy (non-hydrogen) atoms. The van der Waals surface area contributed by atoms with Gasteiger partial charge in [0, 0.05) is 54.9 Å². The molecule has 4 nitrogen and oxygen atoms in total. The maximum absolute atomic E-state index is 12.8. The minimum atomic E-state index is -4.38. The molecule has 2 fully saturated rings. The number of amides is 1. The second-order valence-corrected chi connectivity index (χ2v) is 13.6. The highest BCUT2D eigenvalue weighted by atomic mass is 35.5. The van der Waals surface area contributed by atoms with Gasteiger partial charge in [0.2, 0.25) is 5.91 Å². The van der Waals surface area contributed by atoms with Crippen molar-refractivity contribution in [2.45, 2.75) is 87.6 Å². The fraction of sp³-hybridized carbons (Fsp3) is 0.581. The predicted octanol–water partition coefficient (Wildman–Crippen LogP) is 8.74. The molecule has 2 aromatic carbocycles. The number of halogens is 4. The van der Waals surface area contributed by atoms with E-state index in [2.05, 4.69) is 55.3 Å². The van der Waals surface area contributed by atoms with Gasteiger partial charge in [-0.2, -0.15) is 13.2 Å². The molecule has 2 saturated heterocycles. The first-order valence-corrected chi connectivity index (χ1v) is 15.5. The van der Waals surface area contributed by atoms with E-state index in [9.17, 15) is 18.0 Å². The second kappa shape index (κ2) is 13.3. The first-order valence-electron chi connectivity index (χ1n) is 14.3. The SMILES string of the molecule is CC(C)(C)c1ccc(N2CCC(CCCC(=O)N3CCC(Nc4ccc(Cl)c(SC(F)(F)F)c4)CC3)CC2)cc1. The monoisotopic (exact) mass is 595 g/mol. The fourth-order valence-electron chi connectivity index (χ4n) is 5.66. The van der Waals surface area contributed by atoms with Crippen molar-refractivity contribution in [3.63, 3.8) is 0 Å². The van der Waals surface area contributed by atoms with Gasteiger partial charge in [-0.05, 0) is 97.5 Å². The van der Waals surface area contributed by atoms with Crippen LogP contribution >= 0.6 is 23.4 Å². The molecule has 2 heterocycles. The average molecular weight is 596 g/mol. The van der Waals surface area contributed by atoms with Crippen LogP contribution in [-0.2, 0) is 10.2 Å². The zero-order valence-corrected chi connectivity index (χ0v) is 25.3. The minimum absolute atomic E-state index is 0.00721. The third-order valence-corrected chi connectivity index (χ3v) is 9.32. The number of rotatable bonds is 8. The number of thioether (sulfide) groups is 1. The van der Waals surface area contributed by atoms with E-state index in [0.29, 0.717) is 31.1 Å². The highest BCUT2D eigenvalue weighted by molar-refractivity contribution is 8.00. The van der Waals surface area contributed by atoms with Gasteiger partial charge in [-0.25, -0.2) is 0 Å². The number of anilines is 2. The van der Waals surface area contributed by atoms with E-state index in [1.54, 1.807) is 6.07 Å². The summed E-state index contributed by atoms with van der Waals surface area (Å²) < 4.78 is 38.4.